The number of amidine groups is 1. The summed E-state index contributed by atoms with van der Waals surface area (Å²) in [6.45, 7) is 2.48. The molecule has 0 aliphatic carbocycles. The number of carbonyl (C=O) groups excluding carboxylic acids is 1. The van der Waals surface area contributed by atoms with Gasteiger partial charge in [-0.05, 0) is 55.8 Å². The van der Waals surface area contributed by atoms with Crippen molar-refractivity contribution in [3.63, 3.8) is 0 Å². The molecule has 2 aromatic carbocycles. The Hall–Kier alpha value is -2.86. The molecule has 3 N–H and O–H groups in total. The molecule has 1 spiro atoms. The van der Waals surface area contributed by atoms with Crippen molar-refractivity contribution in [1.82, 2.24) is 5.32 Å². The van der Waals surface area contributed by atoms with Crippen molar-refractivity contribution in [3.05, 3.63) is 59.7 Å². The molecular formula is C21H24N4O2. The summed E-state index contributed by atoms with van der Waals surface area (Å²) in [6, 6.07) is 15.7. The maximum absolute atomic E-state index is 11.6. The maximum atomic E-state index is 11.6. The lowest BCUT2D eigenvalue weighted by Crippen LogP contribution is -2.57. The third kappa shape index (κ3) is 3.53. The van der Waals surface area contributed by atoms with E-state index in [-0.39, 0.29) is 11.5 Å². The van der Waals surface area contributed by atoms with E-state index in [1.165, 1.54) is 7.11 Å². The number of ether oxygens (including phenoxy) is 1. The highest BCUT2D eigenvalue weighted by molar-refractivity contribution is 6.09. The highest BCUT2D eigenvalue weighted by atomic mass is 16.5. The van der Waals surface area contributed by atoms with Crippen LogP contribution in [0, 0.1) is 0 Å². The Balaban J connectivity index is 1.59. The first-order valence-corrected chi connectivity index (χ1v) is 9.27. The molecule has 0 unspecified atom stereocenters. The van der Waals surface area contributed by atoms with E-state index in [9.17, 15) is 4.79 Å². The van der Waals surface area contributed by atoms with Crippen molar-refractivity contribution >= 4 is 23.2 Å². The first kappa shape index (κ1) is 17.5. The second kappa shape index (κ2) is 7.40. The van der Waals surface area contributed by atoms with Crippen LogP contribution in [0.2, 0.25) is 0 Å². The topological polar surface area (TPSA) is 74.8 Å². The number of anilines is 2. The highest BCUT2D eigenvalue weighted by Gasteiger charge is 2.40. The summed E-state index contributed by atoms with van der Waals surface area (Å²) in [6.07, 6.45) is 1.96. The molecule has 0 saturated carbocycles. The Morgan fingerprint density at radius 2 is 1.78 bits per heavy atom. The number of nitrogens with one attached hydrogen (secondary N) is 3. The van der Waals surface area contributed by atoms with Crippen LogP contribution in [0.1, 0.15) is 28.8 Å². The van der Waals surface area contributed by atoms with Crippen LogP contribution in [-0.2, 0) is 11.3 Å². The molecule has 4 rings (SSSR count). The standard InChI is InChI=1S/C21H24N4O2/c1-27-19(26)16-8-6-15(7-9-16)14-23-20-21(10-12-22-13-11-21)25-18-5-3-2-4-17(18)24-20/h2-9,22,25H,10-14H2,1H3,(H,23,24). The Bertz CT molecular complexity index is 855. The normalized spacial score (nSPS) is 19.1. The van der Waals surface area contributed by atoms with Crippen molar-refractivity contribution in [2.75, 3.05) is 30.8 Å². The molecule has 1 saturated heterocycles. The molecule has 2 aromatic rings. The average Bonchev–Trinajstić information content (AvgIpc) is 2.72. The fourth-order valence-electron chi connectivity index (χ4n) is 3.71. The van der Waals surface area contributed by atoms with Gasteiger partial charge in [0.05, 0.1) is 36.1 Å². The second-order valence-electron chi connectivity index (χ2n) is 6.98. The number of hydrogen-bond donors (Lipinski definition) is 3. The third-order valence-corrected chi connectivity index (χ3v) is 5.26. The predicted octanol–water partition coefficient (Wildman–Crippen LogP) is 3.03. The monoisotopic (exact) mass is 364 g/mol. The van der Waals surface area contributed by atoms with Crippen LogP contribution in [0.5, 0.6) is 0 Å². The Morgan fingerprint density at radius 3 is 2.48 bits per heavy atom. The zero-order valence-corrected chi connectivity index (χ0v) is 15.4. The van der Waals surface area contributed by atoms with E-state index in [1.54, 1.807) is 12.1 Å². The molecule has 1 fully saturated rings. The van der Waals surface area contributed by atoms with Gasteiger partial charge in [-0.2, -0.15) is 0 Å². The van der Waals surface area contributed by atoms with Crippen molar-refractivity contribution in [3.8, 4) is 0 Å². The smallest absolute Gasteiger partial charge is 0.337 e. The molecule has 6 heteroatoms. The number of carbonyl (C=O) groups is 1. The summed E-state index contributed by atoms with van der Waals surface area (Å²) in [5.41, 5.74) is 3.63. The molecule has 140 valence electrons. The SMILES string of the molecule is COC(=O)c1ccc(CN=C2Nc3ccccc3NC23CCNCC3)cc1. The largest absolute Gasteiger partial charge is 0.465 e. The molecular weight excluding hydrogens is 340 g/mol. The van der Waals surface area contributed by atoms with Gasteiger partial charge in [-0.25, -0.2) is 4.79 Å². The van der Waals surface area contributed by atoms with Gasteiger partial charge in [-0.3, -0.25) is 4.99 Å². The fraction of sp³-hybridized carbons (Fsp3) is 0.333. The lowest BCUT2D eigenvalue weighted by molar-refractivity contribution is 0.0600. The fourth-order valence-corrected chi connectivity index (χ4v) is 3.71. The summed E-state index contributed by atoms with van der Waals surface area (Å²) < 4.78 is 4.75. The minimum Gasteiger partial charge on any atom is -0.465 e. The van der Waals surface area contributed by atoms with Crippen molar-refractivity contribution in [1.29, 1.82) is 0 Å². The van der Waals surface area contributed by atoms with E-state index in [0.717, 1.165) is 48.7 Å². The lowest BCUT2D eigenvalue weighted by Gasteiger charge is -2.44. The minimum absolute atomic E-state index is 0.161. The van der Waals surface area contributed by atoms with Crippen LogP contribution in [-0.4, -0.2) is 37.5 Å². The number of benzene rings is 2. The zero-order chi connectivity index (χ0) is 18.7. The van der Waals surface area contributed by atoms with Gasteiger partial charge in [0, 0.05) is 0 Å². The van der Waals surface area contributed by atoms with Gasteiger partial charge in [0.2, 0.25) is 0 Å². The van der Waals surface area contributed by atoms with Crippen LogP contribution in [0.25, 0.3) is 0 Å². The summed E-state index contributed by atoms with van der Waals surface area (Å²) in [5.74, 6) is 0.663. The molecule has 0 radical (unpaired) electrons. The van der Waals surface area contributed by atoms with E-state index >= 15 is 0 Å². The van der Waals surface area contributed by atoms with Gasteiger partial charge in [0.25, 0.3) is 0 Å². The summed E-state index contributed by atoms with van der Waals surface area (Å²) in [4.78, 5) is 16.5. The van der Waals surface area contributed by atoms with Gasteiger partial charge in [0.15, 0.2) is 0 Å². The molecule has 2 aliphatic heterocycles. The molecule has 27 heavy (non-hydrogen) atoms. The maximum Gasteiger partial charge on any atom is 0.337 e. The number of para-hydroxylation sites is 2. The van der Waals surface area contributed by atoms with Gasteiger partial charge in [-0.15, -0.1) is 0 Å². The van der Waals surface area contributed by atoms with E-state index in [1.807, 2.05) is 24.3 Å². The quantitative estimate of drug-likeness (QED) is 0.730. The lowest BCUT2D eigenvalue weighted by atomic mass is 9.84. The minimum atomic E-state index is -0.323. The van der Waals surface area contributed by atoms with Crippen molar-refractivity contribution < 1.29 is 9.53 Å². The Kier molecular flexibility index (Phi) is 4.81. The number of rotatable bonds is 3. The summed E-state index contributed by atoms with van der Waals surface area (Å²) in [7, 11) is 1.39. The van der Waals surface area contributed by atoms with E-state index in [2.05, 4.69) is 28.1 Å². The van der Waals surface area contributed by atoms with Gasteiger partial charge < -0.3 is 20.7 Å². The first-order chi connectivity index (χ1) is 13.2. The molecule has 0 aromatic heterocycles. The van der Waals surface area contributed by atoms with Gasteiger partial charge >= 0.3 is 5.97 Å². The van der Waals surface area contributed by atoms with Crippen LogP contribution < -0.4 is 16.0 Å². The third-order valence-electron chi connectivity index (χ3n) is 5.26. The number of fused-ring (bicyclic) bond motifs is 1. The van der Waals surface area contributed by atoms with E-state index < -0.39 is 0 Å². The zero-order valence-electron chi connectivity index (χ0n) is 15.4. The average molecular weight is 364 g/mol. The molecule has 0 atom stereocenters. The summed E-state index contributed by atoms with van der Waals surface area (Å²) >= 11 is 0. The number of piperidine rings is 1. The number of methoxy groups -OCH3 is 1. The summed E-state index contributed by atoms with van der Waals surface area (Å²) in [5, 5.41) is 10.7. The number of aliphatic imine (C=N–C) groups is 1. The Labute approximate surface area is 159 Å². The molecule has 2 heterocycles. The number of esters is 1. The molecule has 6 nitrogen and oxygen atoms in total. The number of nitrogens with zero attached hydrogens (tertiary/aromatic N) is 1. The van der Waals surface area contributed by atoms with Crippen molar-refractivity contribution in [2.24, 2.45) is 4.99 Å². The first-order valence-electron chi connectivity index (χ1n) is 9.27. The second-order valence-corrected chi connectivity index (χ2v) is 6.98. The van der Waals surface area contributed by atoms with E-state index in [4.69, 9.17) is 9.73 Å². The molecule has 0 amide bonds. The Morgan fingerprint density at radius 1 is 1.07 bits per heavy atom. The predicted molar refractivity (Wildman–Crippen MR) is 107 cm³/mol. The van der Waals surface area contributed by atoms with Crippen LogP contribution in [0.4, 0.5) is 11.4 Å². The van der Waals surface area contributed by atoms with Crippen LogP contribution in [0.15, 0.2) is 53.5 Å². The number of hydrogen-bond acceptors (Lipinski definition) is 5. The van der Waals surface area contributed by atoms with Crippen LogP contribution >= 0.6 is 0 Å². The van der Waals surface area contributed by atoms with Crippen molar-refractivity contribution in [2.45, 2.75) is 24.9 Å². The molecule has 0 bridgehead atoms. The van der Waals surface area contributed by atoms with Gasteiger partial charge in [0.1, 0.15) is 5.84 Å². The van der Waals surface area contributed by atoms with Gasteiger partial charge in [-0.1, -0.05) is 24.3 Å². The van der Waals surface area contributed by atoms with E-state index in [0.29, 0.717) is 12.1 Å². The molecule has 2 aliphatic rings. The van der Waals surface area contributed by atoms with Crippen LogP contribution in [0.3, 0.4) is 0 Å². The highest BCUT2D eigenvalue weighted by Crippen LogP contribution is 2.35.